The molecule has 0 saturated heterocycles. The molecule has 0 bridgehead atoms. The van der Waals surface area contributed by atoms with Gasteiger partial charge in [0.2, 0.25) is 0 Å². The maximum atomic E-state index is 6.05. The van der Waals surface area contributed by atoms with Crippen molar-refractivity contribution in [1.29, 1.82) is 0 Å². The van der Waals surface area contributed by atoms with Gasteiger partial charge in [0.15, 0.2) is 0 Å². The molecule has 0 spiro atoms. The third-order valence-corrected chi connectivity index (χ3v) is 3.43. The number of ether oxygens (including phenoxy) is 2. The molecule has 0 aliphatic rings. The fraction of sp³-hybridized carbons (Fsp3) is 0.294. The minimum absolute atomic E-state index is 0.0418. The van der Waals surface area contributed by atoms with Crippen LogP contribution in [0.25, 0.3) is 0 Å². The lowest BCUT2D eigenvalue weighted by atomic mass is 10.1. The van der Waals surface area contributed by atoms with Crippen molar-refractivity contribution in [3.8, 4) is 5.75 Å². The van der Waals surface area contributed by atoms with Gasteiger partial charge in [0.05, 0.1) is 19.8 Å². The minimum Gasteiger partial charge on any atom is -0.497 e. The number of halogens is 1. The van der Waals surface area contributed by atoms with Crippen molar-refractivity contribution >= 4 is 11.6 Å². The molecule has 1 atom stereocenters. The molecule has 0 heterocycles. The highest BCUT2D eigenvalue weighted by Crippen LogP contribution is 2.22. The summed E-state index contributed by atoms with van der Waals surface area (Å²) in [6, 6.07) is 15.7. The summed E-state index contributed by atoms with van der Waals surface area (Å²) >= 11 is 6.05. The molecule has 1 unspecified atom stereocenters. The molecule has 112 valence electrons. The van der Waals surface area contributed by atoms with E-state index in [0.29, 0.717) is 6.61 Å². The van der Waals surface area contributed by atoms with Gasteiger partial charge in [-0.25, -0.2) is 0 Å². The first-order chi connectivity index (χ1) is 10.2. The Kier molecular flexibility index (Phi) is 6.05. The van der Waals surface area contributed by atoms with Crippen LogP contribution in [0.3, 0.4) is 0 Å². The van der Waals surface area contributed by atoms with Crippen LogP contribution in [0.1, 0.15) is 17.2 Å². The number of hydrogen-bond donors (Lipinski definition) is 1. The molecule has 0 aliphatic heterocycles. The van der Waals surface area contributed by atoms with E-state index in [2.05, 4.69) is 5.32 Å². The van der Waals surface area contributed by atoms with Gasteiger partial charge in [-0.05, 0) is 42.4 Å². The van der Waals surface area contributed by atoms with Crippen molar-refractivity contribution in [2.75, 3.05) is 20.7 Å². The van der Waals surface area contributed by atoms with E-state index in [1.165, 1.54) is 0 Å². The third kappa shape index (κ3) is 4.74. The summed E-state index contributed by atoms with van der Waals surface area (Å²) in [6.45, 7) is 1.25. The molecule has 21 heavy (non-hydrogen) atoms. The van der Waals surface area contributed by atoms with E-state index in [4.69, 9.17) is 21.1 Å². The zero-order valence-electron chi connectivity index (χ0n) is 12.3. The second-order valence-corrected chi connectivity index (χ2v) is 5.20. The van der Waals surface area contributed by atoms with Crippen molar-refractivity contribution in [3.63, 3.8) is 0 Å². The normalized spacial score (nSPS) is 12.1. The molecule has 3 nitrogen and oxygen atoms in total. The highest BCUT2D eigenvalue weighted by Gasteiger charge is 2.12. The van der Waals surface area contributed by atoms with Gasteiger partial charge in [0.25, 0.3) is 0 Å². The molecule has 4 heteroatoms. The van der Waals surface area contributed by atoms with Crippen LogP contribution in [0, 0.1) is 0 Å². The Morgan fingerprint density at radius 2 is 1.95 bits per heavy atom. The third-order valence-electron chi connectivity index (χ3n) is 3.20. The van der Waals surface area contributed by atoms with Crippen LogP contribution in [0.5, 0.6) is 5.75 Å². The topological polar surface area (TPSA) is 30.5 Å². The van der Waals surface area contributed by atoms with Gasteiger partial charge < -0.3 is 14.8 Å². The molecule has 2 aromatic carbocycles. The molecule has 0 aromatic heterocycles. The van der Waals surface area contributed by atoms with Gasteiger partial charge in [0, 0.05) is 11.6 Å². The highest BCUT2D eigenvalue weighted by atomic mass is 35.5. The first-order valence-electron chi connectivity index (χ1n) is 6.87. The first-order valence-corrected chi connectivity index (χ1v) is 7.25. The zero-order chi connectivity index (χ0) is 15.1. The van der Waals surface area contributed by atoms with Crippen LogP contribution in [0.4, 0.5) is 0 Å². The van der Waals surface area contributed by atoms with E-state index in [1.54, 1.807) is 7.11 Å². The molecule has 2 rings (SSSR count). The molecule has 0 aliphatic carbocycles. The Hall–Kier alpha value is -1.55. The van der Waals surface area contributed by atoms with E-state index in [9.17, 15) is 0 Å². The number of methoxy groups -OCH3 is 1. The Bertz CT molecular complexity index is 574. The summed E-state index contributed by atoms with van der Waals surface area (Å²) in [5.74, 6) is 0.837. The largest absolute Gasteiger partial charge is 0.497 e. The van der Waals surface area contributed by atoms with E-state index in [-0.39, 0.29) is 6.10 Å². The van der Waals surface area contributed by atoms with Crippen LogP contribution in [0.15, 0.2) is 48.5 Å². The maximum absolute atomic E-state index is 6.05. The minimum atomic E-state index is -0.0418. The highest BCUT2D eigenvalue weighted by molar-refractivity contribution is 6.30. The van der Waals surface area contributed by atoms with Gasteiger partial charge >= 0.3 is 0 Å². The average molecular weight is 306 g/mol. The van der Waals surface area contributed by atoms with Crippen LogP contribution in [-0.4, -0.2) is 20.7 Å². The lowest BCUT2D eigenvalue weighted by Gasteiger charge is -2.18. The van der Waals surface area contributed by atoms with Crippen molar-refractivity contribution in [2.45, 2.75) is 12.7 Å². The predicted molar refractivity (Wildman–Crippen MR) is 85.9 cm³/mol. The summed E-state index contributed by atoms with van der Waals surface area (Å²) in [6.07, 6.45) is -0.0418. The van der Waals surface area contributed by atoms with Crippen molar-refractivity contribution in [2.24, 2.45) is 0 Å². The number of nitrogens with one attached hydrogen (secondary N) is 1. The van der Waals surface area contributed by atoms with E-state index < -0.39 is 0 Å². The molecule has 1 N–H and O–H groups in total. The number of likely N-dealkylation sites (N-methyl/N-ethyl adjacent to an activating group) is 1. The second-order valence-electron chi connectivity index (χ2n) is 4.76. The fourth-order valence-corrected chi connectivity index (χ4v) is 2.32. The van der Waals surface area contributed by atoms with Gasteiger partial charge in [0.1, 0.15) is 5.75 Å². The Labute approximate surface area is 130 Å². The summed E-state index contributed by atoms with van der Waals surface area (Å²) in [4.78, 5) is 0. The molecule has 0 saturated carbocycles. The van der Waals surface area contributed by atoms with Crippen LogP contribution in [0.2, 0.25) is 5.02 Å². The summed E-state index contributed by atoms with van der Waals surface area (Å²) in [5.41, 5.74) is 2.15. The quantitative estimate of drug-likeness (QED) is 0.843. The molecule has 0 amide bonds. The summed E-state index contributed by atoms with van der Waals surface area (Å²) in [7, 11) is 3.57. The standard InChI is InChI=1S/C17H20ClNO2/c1-19-11-17(14-6-4-7-15(18)10-14)21-12-13-5-3-8-16(9-13)20-2/h3-10,17,19H,11-12H2,1-2H3. The fourth-order valence-electron chi connectivity index (χ4n) is 2.12. The number of benzene rings is 2. The SMILES string of the molecule is CNCC(OCc1cccc(OC)c1)c1cccc(Cl)c1. The van der Waals surface area contributed by atoms with Crippen LogP contribution >= 0.6 is 11.6 Å². The smallest absolute Gasteiger partial charge is 0.119 e. The van der Waals surface area contributed by atoms with Crippen molar-refractivity contribution in [3.05, 3.63) is 64.7 Å². The van der Waals surface area contributed by atoms with Gasteiger partial charge in [-0.15, -0.1) is 0 Å². The first kappa shape index (κ1) is 15.8. The average Bonchev–Trinajstić information content (AvgIpc) is 2.51. The molecule has 0 radical (unpaired) electrons. The Morgan fingerprint density at radius 1 is 1.14 bits per heavy atom. The molecule has 0 fully saturated rings. The van der Waals surface area contributed by atoms with E-state index >= 15 is 0 Å². The van der Waals surface area contributed by atoms with Gasteiger partial charge in [-0.3, -0.25) is 0 Å². The lowest BCUT2D eigenvalue weighted by Crippen LogP contribution is -2.19. The predicted octanol–water partition coefficient (Wildman–Crippen LogP) is 3.83. The van der Waals surface area contributed by atoms with Crippen LogP contribution < -0.4 is 10.1 Å². The zero-order valence-corrected chi connectivity index (χ0v) is 13.1. The summed E-state index contributed by atoms with van der Waals surface area (Å²) in [5, 5.41) is 3.87. The maximum Gasteiger partial charge on any atom is 0.119 e. The molecular formula is C17H20ClNO2. The summed E-state index contributed by atoms with van der Waals surface area (Å²) < 4.78 is 11.3. The van der Waals surface area contributed by atoms with Crippen molar-refractivity contribution in [1.82, 2.24) is 5.32 Å². The van der Waals surface area contributed by atoms with E-state index in [1.807, 2.05) is 55.6 Å². The molecular weight excluding hydrogens is 286 g/mol. The Morgan fingerprint density at radius 3 is 2.67 bits per heavy atom. The van der Waals surface area contributed by atoms with Gasteiger partial charge in [-0.2, -0.15) is 0 Å². The van der Waals surface area contributed by atoms with Crippen molar-refractivity contribution < 1.29 is 9.47 Å². The second kappa shape index (κ2) is 8.03. The number of rotatable bonds is 7. The molecule has 2 aromatic rings. The lowest BCUT2D eigenvalue weighted by molar-refractivity contribution is 0.0410. The van der Waals surface area contributed by atoms with Gasteiger partial charge in [-0.1, -0.05) is 35.9 Å². The Balaban J connectivity index is 2.06. The number of hydrogen-bond acceptors (Lipinski definition) is 3. The monoisotopic (exact) mass is 305 g/mol. The van der Waals surface area contributed by atoms with E-state index in [0.717, 1.165) is 28.4 Å². The van der Waals surface area contributed by atoms with Crippen LogP contribution in [-0.2, 0) is 11.3 Å².